The van der Waals surface area contributed by atoms with Crippen LogP contribution in [0.15, 0.2) is 34.1 Å². The van der Waals surface area contributed by atoms with Crippen molar-refractivity contribution in [3.8, 4) is 0 Å². The monoisotopic (exact) mass is 498 g/mol. The van der Waals surface area contributed by atoms with Gasteiger partial charge < -0.3 is 4.90 Å². The van der Waals surface area contributed by atoms with E-state index in [0.29, 0.717) is 38.7 Å². The van der Waals surface area contributed by atoms with E-state index in [1.165, 1.54) is 37.4 Å². The molecule has 34 heavy (non-hydrogen) atoms. The summed E-state index contributed by atoms with van der Waals surface area (Å²) in [6.45, 7) is 6.82. The molecule has 0 radical (unpaired) electrons. The zero-order valence-electron chi connectivity index (χ0n) is 20.2. The average molecular weight is 499 g/mol. The number of nitrogens with zero attached hydrogens (tertiary/aromatic N) is 4. The second-order valence-electron chi connectivity index (χ2n) is 9.35. The quantitative estimate of drug-likeness (QED) is 0.259. The van der Waals surface area contributed by atoms with Crippen LogP contribution in [0.2, 0.25) is 0 Å². The minimum Gasteiger partial charge on any atom is -0.356 e. The lowest BCUT2D eigenvalue weighted by Crippen LogP contribution is -2.36. The second-order valence-corrected chi connectivity index (χ2v) is 11.0. The molecule has 182 valence electrons. The van der Waals surface area contributed by atoms with Gasteiger partial charge in [0.15, 0.2) is 0 Å². The minimum absolute atomic E-state index is 0.0978. The third-order valence-corrected chi connectivity index (χ3v) is 8.09. The molecule has 0 atom stereocenters. The number of unbranched alkanes of at least 4 members (excludes halogenated alkanes) is 5. The van der Waals surface area contributed by atoms with Crippen LogP contribution in [0.4, 0.5) is 5.82 Å². The van der Waals surface area contributed by atoms with Gasteiger partial charge in [-0.25, -0.2) is 4.98 Å². The molecule has 2 aromatic rings. The molecule has 0 spiro atoms. The highest BCUT2D eigenvalue weighted by Gasteiger charge is 2.32. The molecule has 4 heterocycles. The number of thioether (sulfide) groups is 1. The number of anilines is 1. The van der Waals surface area contributed by atoms with Crippen molar-refractivity contribution in [3.05, 3.63) is 45.2 Å². The van der Waals surface area contributed by atoms with Gasteiger partial charge in [-0.3, -0.25) is 18.9 Å². The Morgan fingerprint density at radius 2 is 1.85 bits per heavy atom. The molecule has 2 saturated heterocycles. The van der Waals surface area contributed by atoms with E-state index in [1.54, 1.807) is 21.6 Å². The lowest BCUT2D eigenvalue weighted by Gasteiger charge is -2.32. The minimum atomic E-state index is -0.152. The summed E-state index contributed by atoms with van der Waals surface area (Å²) in [6, 6.07) is 5.56. The highest BCUT2D eigenvalue weighted by molar-refractivity contribution is 8.26. The van der Waals surface area contributed by atoms with Crippen molar-refractivity contribution in [1.29, 1.82) is 0 Å². The average Bonchev–Trinajstić information content (AvgIpc) is 3.10. The SMILES string of the molecule is CCCCCCCCN1C(=O)C(=Cc2c(N3CCC(C)CC3)nc3ccccn3c2=O)SC1=S. The van der Waals surface area contributed by atoms with Gasteiger partial charge in [-0.15, -0.1) is 0 Å². The first-order valence-corrected chi connectivity index (χ1v) is 13.7. The molecule has 6 nitrogen and oxygen atoms in total. The van der Waals surface area contributed by atoms with Crippen LogP contribution in [0.3, 0.4) is 0 Å². The summed E-state index contributed by atoms with van der Waals surface area (Å²) >= 11 is 6.82. The molecule has 0 bridgehead atoms. The molecular formula is C26H34N4O2S2. The molecule has 0 saturated carbocycles. The molecule has 2 fully saturated rings. The van der Waals surface area contributed by atoms with Gasteiger partial charge >= 0.3 is 0 Å². The fourth-order valence-corrected chi connectivity index (χ4v) is 5.84. The molecule has 1 amide bonds. The highest BCUT2D eigenvalue weighted by Crippen LogP contribution is 2.34. The Morgan fingerprint density at radius 3 is 2.62 bits per heavy atom. The van der Waals surface area contributed by atoms with Crippen LogP contribution < -0.4 is 10.5 Å². The summed E-state index contributed by atoms with van der Waals surface area (Å²) in [5.74, 6) is 1.24. The molecule has 2 aliphatic heterocycles. The van der Waals surface area contributed by atoms with Gasteiger partial charge in [0, 0.05) is 25.8 Å². The number of hydrogen-bond donors (Lipinski definition) is 0. The Bertz CT molecular complexity index is 1140. The van der Waals surface area contributed by atoms with Crippen molar-refractivity contribution in [2.75, 3.05) is 24.5 Å². The largest absolute Gasteiger partial charge is 0.356 e. The normalized spacial score (nSPS) is 18.6. The number of pyridine rings is 1. The predicted molar refractivity (Wildman–Crippen MR) is 145 cm³/mol. The lowest BCUT2D eigenvalue weighted by molar-refractivity contribution is -0.122. The van der Waals surface area contributed by atoms with Gasteiger partial charge in [-0.2, -0.15) is 0 Å². The number of fused-ring (bicyclic) bond motifs is 1. The van der Waals surface area contributed by atoms with Gasteiger partial charge in [0.2, 0.25) is 0 Å². The van der Waals surface area contributed by atoms with Crippen molar-refractivity contribution >= 4 is 51.7 Å². The van der Waals surface area contributed by atoms with Crippen LogP contribution in [0.5, 0.6) is 0 Å². The Hall–Kier alpha value is -2.19. The Labute approximate surface area is 211 Å². The summed E-state index contributed by atoms with van der Waals surface area (Å²) < 4.78 is 2.13. The van der Waals surface area contributed by atoms with Gasteiger partial charge in [-0.1, -0.05) is 76.0 Å². The van der Waals surface area contributed by atoms with E-state index in [2.05, 4.69) is 18.7 Å². The van der Waals surface area contributed by atoms with Crippen LogP contribution in [0.1, 0.15) is 70.8 Å². The molecule has 0 unspecified atom stereocenters. The molecule has 8 heteroatoms. The van der Waals surface area contributed by atoms with E-state index < -0.39 is 0 Å². The Balaban J connectivity index is 1.60. The van der Waals surface area contributed by atoms with E-state index in [9.17, 15) is 9.59 Å². The van der Waals surface area contributed by atoms with E-state index in [-0.39, 0.29) is 11.5 Å². The first-order chi connectivity index (χ1) is 16.5. The van der Waals surface area contributed by atoms with E-state index in [4.69, 9.17) is 17.2 Å². The number of carbonyl (C=O) groups is 1. The Kier molecular flexibility index (Phi) is 8.42. The van der Waals surface area contributed by atoms with E-state index in [1.807, 2.05) is 18.2 Å². The molecule has 2 aromatic heterocycles. The van der Waals surface area contributed by atoms with Crippen LogP contribution in [-0.2, 0) is 4.79 Å². The van der Waals surface area contributed by atoms with Gasteiger partial charge in [-0.05, 0) is 43.4 Å². The van der Waals surface area contributed by atoms with Crippen molar-refractivity contribution < 1.29 is 4.79 Å². The zero-order chi connectivity index (χ0) is 24.1. The van der Waals surface area contributed by atoms with E-state index >= 15 is 0 Å². The fraction of sp³-hybridized carbons (Fsp3) is 0.538. The van der Waals surface area contributed by atoms with Crippen LogP contribution >= 0.6 is 24.0 Å². The molecule has 2 aliphatic rings. The maximum atomic E-state index is 13.5. The number of piperidine rings is 1. The van der Waals surface area contributed by atoms with Crippen LogP contribution in [-0.4, -0.2) is 44.1 Å². The topological polar surface area (TPSA) is 57.9 Å². The highest BCUT2D eigenvalue weighted by atomic mass is 32.2. The molecule has 0 aliphatic carbocycles. The Morgan fingerprint density at radius 1 is 1.12 bits per heavy atom. The molecular weight excluding hydrogens is 464 g/mol. The number of carbonyl (C=O) groups excluding carboxylic acids is 1. The maximum Gasteiger partial charge on any atom is 0.267 e. The summed E-state index contributed by atoms with van der Waals surface area (Å²) in [6.07, 6.45) is 12.5. The molecule has 0 aromatic carbocycles. The summed E-state index contributed by atoms with van der Waals surface area (Å²) in [4.78, 5) is 35.9. The molecule has 0 N–H and O–H groups in total. The second kappa shape index (κ2) is 11.5. The van der Waals surface area contributed by atoms with Crippen molar-refractivity contribution in [3.63, 3.8) is 0 Å². The number of thiocarbonyl (C=S) groups is 1. The third kappa shape index (κ3) is 5.54. The zero-order valence-corrected chi connectivity index (χ0v) is 21.8. The van der Waals surface area contributed by atoms with Gasteiger partial charge in [0.25, 0.3) is 11.5 Å². The number of rotatable bonds is 9. The van der Waals surface area contributed by atoms with Crippen molar-refractivity contribution in [2.24, 2.45) is 5.92 Å². The van der Waals surface area contributed by atoms with Crippen molar-refractivity contribution in [1.82, 2.24) is 14.3 Å². The van der Waals surface area contributed by atoms with Gasteiger partial charge in [0.05, 0.1) is 10.5 Å². The molecule has 4 rings (SSSR count). The number of aromatic nitrogens is 2. The number of amides is 1. The summed E-state index contributed by atoms with van der Waals surface area (Å²) in [5.41, 5.74) is 0.938. The van der Waals surface area contributed by atoms with Crippen LogP contribution in [0, 0.1) is 5.92 Å². The maximum absolute atomic E-state index is 13.5. The number of hydrogen-bond acceptors (Lipinski definition) is 6. The summed E-state index contributed by atoms with van der Waals surface area (Å²) in [7, 11) is 0. The fourth-order valence-electron chi connectivity index (χ4n) is 4.55. The van der Waals surface area contributed by atoms with Crippen LogP contribution in [0.25, 0.3) is 11.7 Å². The first-order valence-electron chi connectivity index (χ1n) is 12.5. The lowest BCUT2D eigenvalue weighted by atomic mass is 9.99. The van der Waals surface area contributed by atoms with Gasteiger partial charge in [0.1, 0.15) is 15.8 Å². The summed E-state index contributed by atoms with van der Waals surface area (Å²) in [5, 5.41) is 0. The predicted octanol–water partition coefficient (Wildman–Crippen LogP) is 5.49. The van der Waals surface area contributed by atoms with E-state index in [0.717, 1.165) is 38.8 Å². The first kappa shape index (κ1) is 24.9. The third-order valence-electron chi connectivity index (χ3n) is 6.72. The smallest absolute Gasteiger partial charge is 0.267 e. The van der Waals surface area contributed by atoms with Crippen molar-refractivity contribution in [2.45, 2.75) is 65.2 Å². The standard InChI is InChI=1S/C26H34N4O2S2/c1-3-4-5-6-7-9-15-30-25(32)21(34-26(30)33)18-20-23(28-16-12-19(2)13-17-28)27-22-11-8-10-14-29(22)24(20)31/h8,10-11,14,18-19H,3-7,9,12-13,15-17H2,1-2H3.